The van der Waals surface area contributed by atoms with Crippen LogP contribution in [0.3, 0.4) is 0 Å². The molecule has 2 rings (SSSR count). The zero-order valence-electron chi connectivity index (χ0n) is 10.9. The maximum absolute atomic E-state index is 13.2. The van der Waals surface area contributed by atoms with Gasteiger partial charge >= 0.3 is 0 Å². The van der Waals surface area contributed by atoms with E-state index in [2.05, 4.69) is 15.5 Å². The van der Waals surface area contributed by atoms with E-state index in [4.69, 9.17) is 0 Å². The molecule has 1 aromatic carbocycles. The van der Waals surface area contributed by atoms with Crippen LogP contribution in [-0.2, 0) is 0 Å². The highest BCUT2D eigenvalue weighted by Crippen LogP contribution is 2.26. The smallest absolute Gasteiger partial charge is 0.206 e. The van der Waals surface area contributed by atoms with Crippen LogP contribution in [0.4, 0.5) is 13.9 Å². The molecule has 1 unspecified atom stereocenters. The molecule has 3 nitrogen and oxygen atoms in total. The molecule has 0 saturated carbocycles. The molecule has 1 aromatic heterocycles. The van der Waals surface area contributed by atoms with Gasteiger partial charge in [0.05, 0.1) is 6.04 Å². The Bertz CT molecular complexity index is 569. The zero-order valence-corrected chi connectivity index (χ0v) is 11.8. The van der Waals surface area contributed by atoms with E-state index in [1.807, 2.05) is 20.8 Å². The van der Waals surface area contributed by atoms with Crippen molar-refractivity contribution in [3.8, 4) is 0 Å². The average Bonchev–Trinajstić information content (AvgIpc) is 2.81. The quantitative estimate of drug-likeness (QED) is 0.917. The molecule has 0 spiro atoms. The molecule has 0 fully saturated rings. The van der Waals surface area contributed by atoms with Gasteiger partial charge in [-0.3, -0.25) is 0 Å². The van der Waals surface area contributed by atoms with Crippen molar-refractivity contribution in [2.75, 3.05) is 5.32 Å². The highest BCUT2D eigenvalue weighted by Gasteiger charge is 2.12. The van der Waals surface area contributed by atoms with Gasteiger partial charge in [0.2, 0.25) is 5.13 Å². The standard InChI is InChI=1S/C13H15F2N3S/c1-7(2)12-17-18-13(19-12)16-8(3)9-4-5-10(14)11(15)6-9/h4-8H,1-3H3,(H,16,18). The Morgan fingerprint density at radius 2 is 1.84 bits per heavy atom. The zero-order chi connectivity index (χ0) is 14.0. The summed E-state index contributed by atoms with van der Waals surface area (Å²) in [5.41, 5.74) is 0.667. The van der Waals surface area contributed by atoms with E-state index in [0.29, 0.717) is 16.6 Å². The number of nitrogens with zero attached hydrogens (tertiary/aromatic N) is 2. The van der Waals surface area contributed by atoms with Crippen LogP contribution in [-0.4, -0.2) is 10.2 Å². The van der Waals surface area contributed by atoms with Gasteiger partial charge in [-0.2, -0.15) is 0 Å². The topological polar surface area (TPSA) is 37.8 Å². The van der Waals surface area contributed by atoms with Gasteiger partial charge in [0, 0.05) is 5.92 Å². The summed E-state index contributed by atoms with van der Waals surface area (Å²) in [7, 11) is 0. The Morgan fingerprint density at radius 1 is 1.11 bits per heavy atom. The monoisotopic (exact) mass is 283 g/mol. The van der Waals surface area contributed by atoms with Crippen molar-refractivity contribution < 1.29 is 8.78 Å². The van der Waals surface area contributed by atoms with Crippen LogP contribution in [0.25, 0.3) is 0 Å². The van der Waals surface area contributed by atoms with E-state index >= 15 is 0 Å². The Kier molecular flexibility index (Phi) is 4.09. The van der Waals surface area contributed by atoms with Crippen LogP contribution >= 0.6 is 11.3 Å². The van der Waals surface area contributed by atoms with Gasteiger partial charge in [-0.05, 0) is 24.6 Å². The molecule has 0 aliphatic rings. The minimum Gasteiger partial charge on any atom is -0.354 e. The van der Waals surface area contributed by atoms with Crippen molar-refractivity contribution >= 4 is 16.5 Å². The Balaban J connectivity index is 2.11. The van der Waals surface area contributed by atoms with Gasteiger partial charge in [-0.1, -0.05) is 31.3 Å². The number of hydrogen-bond acceptors (Lipinski definition) is 4. The van der Waals surface area contributed by atoms with E-state index in [0.717, 1.165) is 11.1 Å². The molecule has 0 radical (unpaired) electrons. The molecular formula is C13H15F2N3S. The second kappa shape index (κ2) is 5.61. The number of hydrogen-bond donors (Lipinski definition) is 1. The first-order valence-corrected chi connectivity index (χ1v) is 6.84. The molecule has 6 heteroatoms. The van der Waals surface area contributed by atoms with Crippen molar-refractivity contribution in [3.05, 3.63) is 40.4 Å². The highest BCUT2D eigenvalue weighted by atomic mass is 32.1. The number of rotatable bonds is 4. The van der Waals surface area contributed by atoms with Crippen LogP contribution in [0.2, 0.25) is 0 Å². The first-order chi connectivity index (χ1) is 8.97. The van der Waals surface area contributed by atoms with Crippen molar-refractivity contribution in [3.63, 3.8) is 0 Å². The van der Waals surface area contributed by atoms with E-state index in [-0.39, 0.29) is 6.04 Å². The minimum atomic E-state index is -0.841. The number of benzene rings is 1. The largest absolute Gasteiger partial charge is 0.354 e. The average molecular weight is 283 g/mol. The molecule has 0 aliphatic heterocycles. The maximum Gasteiger partial charge on any atom is 0.206 e. The second-order valence-electron chi connectivity index (χ2n) is 4.64. The fourth-order valence-electron chi connectivity index (χ4n) is 1.58. The lowest BCUT2D eigenvalue weighted by molar-refractivity contribution is 0.506. The summed E-state index contributed by atoms with van der Waals surface area (Å²) in [4.78, 5) is 0. The van der Waals surface area contributed by atoms with Gasteiger partial charge in [-0.15, -0.1) is 10.2 Å². The Hall–Kier alpha value is -1.56. The number of anilines is 1. The van der Waals surface area contributed by atoms with Gasteiger partial charge in [0.25, 0.3) is 0 Å². The van der Waals surface area contributed by atoms with E-state index in [9.17, 15) is 8.78 Å². The lowest BCUT2D eigenvalue weighted by Crippen LogP contribution is -2.07. The summed E-state index contributed by atoms with van der Waals surface area (Å²) in [5.74, 6) is -1.35. The highest BCUT2D eigenvalue weighted by molar-refractivity contribution is 7.15. The maximum atomic E-state index is 13.2. The van der Waals surface area contributed by atoms with Crippen LogP contribution in [0.1, 0.15) is 43.3 Å². The third-order valence-electron chi connectivity index (χ3n) is 2.72. The molecule has 1 atom stereocenters. The fourth-order valence-corrected chi connectivity index (χ4v) is 2.41. The van der Waals surface area contributed by atoms with Crippen molar-refractivity contribution in [2.45, 2.75) is 32.7 Å². The van der Waals surface area contributed by atoms with Crippen LogP contribution in [0.5, 0.6) is 0 Å². The molecule has 0 amide bonds. The minimum absolute atomic E-state index is 0.164. The normalized spacial score (nSPS) is 12.7. The summed E-state index contributed by atoms with van der Waals surface area (Å²) in [6, 6.07) is 3.71. The number of nitrogens with one attached hydrogen (secondary N) is 1. The van der Waals surface area contributed by atoms with Crippen molar-refractivity contribution in [2.24, 2.45) is 0 Å². The van der Waals surface area contributed by atoms with E-state index < -0.39 is 11.6 Å². The molecule has 19 heavy (non-hydrogen) atoms. The van der Waals surface area contributed by atoms with Gasteiger partial charge in [-0.25, -0.2) is 8.78 Å². The summed E-state index contributed by atoms with van der Waals surface area (Å²) in [5, 5.41) is 12.9. The van der Waals surface area contributed by atoms with Gasteiger partial charge < -0.3 is 5.32 Å². The van der Waals surface area contributed by atoms with Gasteiger partial charge in [0.15, 0.2) is 11.6 Å². The molecule has 0 saturated heterocycles. The summed E-state index contributed by atoms with van der Waals surface area (Å²) in [6.07, 6.45) is 0. The lowest BCUT2D eigenvalue weighted by Gasteiger charge is -2.13. The van der Waals surface area contributed by atoms with Crippen molar-refractivity contribution in [1.82, 2.24) is 10.2 Å². The van der Waals surface area contributed by atoms with Crippen molar-refractivity contribution in [1.29, 1.82) is 0 Å². The fraction of sp³-hybridized carbons (Fsp3) is 0.385. The summed E-state index contributed by atoms with van der Waals surface area (Å²) < 4.78 is 26.0. The van der Waals surface area contributed by atoms with Crippen LogP contribution in [0.15, 0.2) is 18.2 Å². The Morgan fingerprint density at radius 3 is 2.42 bits per heavy atom. The molecule has 2 aromatic rings. The molecular weight excluding hydrogens is 268 g/mol. The Labute approximate surface area is 114 Å². The number of halogens is 2. The second-order valence-corrected chi connectivity index (χ2v) is 5.65. The van der Waals surface area contributed by atoms with E-state index in [1.165, 1.54) is 17.4 Å². The molecule has 102 valence electrons. The first kappa shape index (κ1) is 13.9. The molecule has 1 heterocycles. The lowest BCUT2D eigenvalue weighted by atomic mass is 10.1. The van der Waals surface area contributed by atoms with Crippen LogP contribution < -0.4 is 5.32 Å². The summed E-state index contributed by atoms with van der Waals surface area (Å²) >= 11 is 1.47. The summed E-state index contributed by atoms with van der Waals surface area (Å²) in [6.45, 7) is 5.95. The molecule has 0 bridgehead atoms. The van der Waals surface area contributed by atoms with E-state index in [1.54, 1.807) is 6.07 Å². The third-order valence-corrected chi connectivity index (χ3v) is 3.87. The number of aromatic nitrogens is 2. The van der Waals surface area contributed by atoms with Crippen LogP contribution in [0, 0.1) is 11.6 Å². The SMILES string of the molecule is CC(C)c1nnc(NC(C)c2ccc(F)c(F)c2)s1. The van der Waals surface area contributed by atoms with Gasteiger partial charge in [0.1, 0.15) is 5.01 Å². The molecule has 1 N–H and O–H groups in total. The predicted molar refractivity (Wildman–Crippen MR) is 72.4 cm³/mol. The molecule has 0 aliphatic carbocycles. The third kappa shape index (κ3) is 3.26. The first-order valence-electron chi connectivity index (χ1n) is 6.02. The predicted octanol–water partition coefficient (Wildman–Crippen LogP) is 4.11.